The van der Waals surface area contributed by atoms with Crippen molar-refractivity contribution in [1.82, 2.24) is 0 Å². The topological polar surface area (TPSA) is 29.1 Å². The molecule has 0 aliphatic rings. The predicted octanol–water partition coefficient (Wildman–Crippen LogP) is 4.25. The largest absolute Gasteiger partial charge is 0.321 e. The van der Waals surface area contributed by atoms with E-state index in [1.54, 1.807) is 48.5 Å². The zero-order chi connectivity index (χ0) is 12.3. The Bertz CT molecular complexity index is 555. The van der Waals surface area contributed by atoms with E-state index in [-0.39, 0.29) is 5.91 Å². The lowest BCUT2D eigenvalue weighted by Gasteiger charge is -2.06. The van der Waals surface area contributed by atoms with Crippen LogP contribution >= 0.6 is 23.2 Å². The molecule has 1 amide bonds. The number of halogens is 2. The highest BCUT2D eigenvalue weighted by molar-refractivity contribution is 6.34. The molecule has 17 heavy (non-hydrogen) atoms. The Morgan fingerprint density at radius 3 is 2.47 bits per heavy atom. The van der Waals surface area contributed by atoms with Crippen LogP contribution in [0.25, 0.3) is 0 Å². The van der Waals surface area contributed by atoms with Gasteiger partial charge in [-0.25, -0.2) is 0 Å². The van der Waals surface area contributed by atoms with Crippen LogP contribution in [0.2, 0.25) is 10.0 Å². The molecule has 0 unspecified atom stereocenters. The molecule has 0 atom stereocenters. The number of para-hydroxylation sites is 1. The summed E-state index contributed by atoms with van der Waals surface area (Å²) in [5.74, 6) is -0.236. The van der Waals surface area contributed by atoms with E-state index in [4.69, 9.17) is 23.2 Å². The summed E-state index contributed by atoms with van der Waals surface area (Å²) < 4.78 is 0. The molecule has 0 spiro atoms. The zero-order valence-electron chi connectivity index (χ0n) is 8.78. The van der Waals surface area contributed by atoms with Crippen molar-refractivity contribution < 1.29 is 4.79 Å². The monoisotopic (exact) mass is 265 g/mol. The van der Waals surface area contributed by atoms with E-state index < -0.39 is 0 Å². The van der Waals surface area contributed by atoms with Gasteiger partial charge in [-0.1, -0.05) is 41.4 Å². The smallest absolute Gasteiger partial charge is 0.255 e. The van der Waals surface area contributed by atoms with E-state index >= 15 is 0 Å². The Morgan fingerprint density at radius 2 is 1.76 bits per heavy atom. The van der Waals surface area contributed by atoms with Crippen molar-refractivity contribution in [2.75, 3.05) is 5.32 Å². The normalized spacial score (nSPS) is 10.0. The second kappa shape index (κ2) is 5.21. The Morgan fingerprint density at radius 1 is 1.00 bits per heavy atom. The molecule has 86 valence electrons. The van der Waals surface area contributed by atoms with Crippen LogP contribution in [0.15, 0.2) is 48.5 Å². The fraction of sp³-hybridized carbons (Fsp3) is 0. The number of hydrogen-bond donors (Lipinski definition) is 1. The van der Waals surface area contributed by atoms with Crippen LogP contribution in [0.5, 0.6) is 0 Å². The van der Waals surface area contributed by atoms with Crippen molar-refractivity contribution in [2.24, 2.45) is 0 Å². The molecule has 0 aliphatic heterocycles. The predicted molar refractivity (Wildman–Crippen MR) is 70.9 cm³/mol. The molecule has 2 rings (SSSR count). The van der Waals surface area contributed by atoms with Gasteiger partial charge in [-0.15, -0.1) is 0 Å². The van der Waals surface area contributed by atoms with Crippen LogP contribution in [-0.2, 0) is 0 Å². The average Bonchev–Trinajstić information content (AvgIpc) is 2.32. The average molecular weight is 266 g/mol. The first kappa shape index (κ1) is 12.0. The summed E-state index contributed by atoms with van der Waals surface area (Å²) in [6.45, 7) is 0. The molecule has 0 aliphatic carbocycles. The molecule has 1 N–H and O–H groups in total. The molecular weight excluding hydrogens is 257 g/mol. The highest BCUT2D eigenvalue weighted by atomic mass is 35.5. The van der Waals surface area contributed by atoms with Gasteiger partial charge in [-0.3, -0.25) is 4.79 Å². The number of nitrogens with one attached hydrogen (secondary N) is 1. The molecule has 2 aromatic rings. The number of carbonyl (C=O) groups excluding carboxylic acids is 1. The summed E-state index contributed by atoms with van der Waals surface area (Å²) in [5.41, 5.74) is 1.08. The van der Waals surface area contributed by atoms with Crippen molar-refractivity contribution in [3.63, 3.8) is 0 Å². The molecule has 2 nitrogen and oxygen atoms in total. The second-order valence-corrected chi connectivity index (χ2v) is 4.29. The van der Waals surface area contributed by atoms with Crippen molar-refractivity contribution in [3.05, 3.63) is 64.1 Å². The summed E-state index contributed by atoms with van der Waals surface area (Å²) in [6.07, 6.45) is 0. The summed E-state index contributed by atoms with van der Waals surface area (Å²) in [4.78, 5) is 11.9. The first-order valence-electron chi connectivity index (χ1n) is 4.98. The van der Waals surface area contributed by atoms with Crippen molar-refractivity contribution >= 4 is 34.8 Å². The van der Waals surface area contributed by atoms with Crippen LogP contribution in [-0.4, -0.2) is 5.91 Å². The van der Waals surface area contributed by atoms with Gasteiger partial charge >= 0.3 is 0 Å². The second-order valence-electron chi connectivity index (χ2n) is 3.44. The standard InChI is InChI=1S/C13H9Cl2NO/c14-10-5-3-4-9(8-10)13(17)16-12-7-2-1-6-11(12)15/h1-8H,(H,16,17). The maximum absolute atomic E-state index is 11.9. The lowest BCUT2D eigenvalue weighted by molar-refractivity contribution is 0.102. The molecule has 0 aromatic heterocycles. The maximum atomic E-state index is 11.9. The molecule has 2 aromatic carbocycles. The van der Waals surface area contributed by atoms with Crippen LogP contribution < -0.4 is 5.32 Å². The van der Waals surface area contributed by atoms with E-state index in [1.807, 2.05) is 0 Å². The molecule has 0 radical (unpaired) electrons. The Labute approximate surface area is 109 Å². The third-order valence-electron chi connectivity index (χ3n) is 2.21. The minimum atomic E-state index is -0.236. The first-order valence-corrected chi connectivity index (χ1v) is 5.74. The van der Waals surface area contributed by atoms with E-state index in [0.717, 1.165) is 0 Å². The van der Waals surface area contributed by atoms with Gasteiger partial charge in [0.15, 0.2) is 0 Å². The fourth-order valence-electron chi connectivity index (χ4n) is 1.39. The third-order valence-corrected chi connectivity index (χ3v) is 2.77. The van der Waals surface area contributed by atoms with Gasteiger partial charge < -0.3 is 5.32 Å². The van der Waals surface area contributed by atoms with Gasteiger partial charge in [0.25, 0.3) is 5.91 Å². The summed E-state index contributed by atoms with van der Waals surface area (Å²) in [6, 6.07) is 13.8. The van der Waals surface area contributed by atoms with E-state index in [9.17, 15) is 4.79 Å². The molecule has 0 fully saturated rings. The third kappa shape index (κ3) is 2.99. The fourth-order valence-corrected chi connectivity index (χ4v) is 1.76. The number of rotatable bonds is 2. The highest BCUT2D eigenvalue weighted by Gasteiger charge is 2.07. The van der Waals surface area contributed by atoms with Crippen LogP contribution in [0, 0.1) is 0 Å². The van der Waals surface area contributed by atoms with Gasteiger partial charge in [0, 0.05) is 10.6 Å². The Balaban J connectivity index is 2.20. The zero-order valence-corrected chi connectivity index (χ0v) is 10.3. The quantitative estimate of drug-likeness (QED) is 0.865. The Kier molecular flexibility index (Phi) is 3.67. The Hall–Kier alpha value is -1.51. The molecule has 4 heteroatoms. The minimum Gasteiger partial charge on any atom is -0.321 e. The van der Waals surface area contributed by atoms with Gasteiger partial charge in [-0.2, -0.15) is 0 Å². The summed E-state index contributed by atoms with van der Waals surface area (Å²) in [5, 5.41) is 3.75. The summed E-state index contributed by atoms with van der Waals surface area (Å²) >= 11 is 11.8. The lowest BCUT2D eigenvalue weighted by atomic mass is 10.2. The van der Waals surface area contributed by atoms with E-state index in [0.29, 0.717) is 21.3 Å². The number of carbonyl (C=O) groups is 1. The molecule has 0 saturated heterocycles. The van der Waals surface area contributed by atoms with Crippen LogP contribution in [0.3, 0.4) is 0 Å². The molecule has 0 saturated carbocycles. The maximum Gasteiger partial charge on any atom is 0.255 e. The highest BCUT2D eigenvalue weighted by Crippen LogP contribution is 2.21. The molecule has 0 bridgehead atoms. The van der Waals surface area contributed by atoms with Gasteiger partial charge in [0.1, 0.15) is 0 Å². The van der Waals surface area contributed by atoms with Crippen LogP contribution in [0.1, 0.15) is 10.4 Å². The SMILES string of the molecule is O=C(Nc1ccccc1Cl)c1cccc(Cl)c1. The number of hydrogen-bond acceptors (Lipinski definition) is 1. The number of anilines is 1. The van der Waals surface area contributed by atoms with Gasteiger partial charge in [0.2, 0.25) is 0 Å². The van der Waals surface area contributed by atoms with Crippen LogP contribution in [0.4, 0.5) is 5.69 Å². The number of amides is 1. The van der Waals surface area contributed by atoms with Gasteiger partial charge in [0.05, 0.1) is 10.7 Å². The molecular formula is C13H9Cl2NO. The lowest BCUT2D eigenvalue weighted by Crippen LogP contribution is -2.11. The minimum absolute atomic E-state index is 0.236. The van der Waals surface area contributed by atoms with Crippen molar-refractivity contribution in [2.45, 2.75) is 0 Å². The van der Waals surface area contributed by atoms with Gasteiger partial charge in [-0.05, 0) is 30.3 Å². The first-order chi connectivity index (χ1) is 8.16. The summed E-state index contributed by atoms with van der Waals surface area (Å²) in [7, 11) is 0. The van der Waals surface area contributed by atoms with Crippen molar-refractivity contribution in [1.29, 1.82) is 0 Å². The van der Waals surface area contributed by atoms with E-state index in [2.05, 4.69) is 5.32 Å². The molecule has 0 heterocycles. The van der Waals surface area contributed by atoms with E-state index in [1.165, 1.54) is 0 Å². The number of benzene rings is 2. The van der Waals surface area contributed by atoms with Crippen molar-refractivity contribution in [3.8, 4) is 0 Å².